The van der Waals surface area contributed by atoms with Gasteiger partial charge in [-0.25, -0.2) is 0 Å². The summed E-state index contributed by atoms with van der Waals surface area (Å²) in [5.41, 5.74) is 2.49. The number of ether oxygens (including phenoxy) is 5. The second kappa shape index (κ2) is 16.2. The molecule has 4 N–H and O–H groups in total. The largest absolute Gasteiger partial charge is 0.462 e. The van der Waals surface area contributed by atoms with E-state index in [0.29, 0.717) is 54.5 Å². The van der Waals surface area contributed by atoms with E-state index in [0.717, 1.165) is 29.7 Å². The summed E-state index contributed by atoms with van der Waals surface area (Å²) in [5, 5.41) is 30.0. The molecule has 52 heavy (non-hydrogen) atoms. The summed E-state index contributed by atoms with van der Waals surface area (Å²) in [6.45, 7) is 10.8. The van der Waals surface area contributed by atoms with Gasteiger partial charge >= 0.3 is 5.97 Å². The van der Waals surface area contributed by atoms with E-state index in [1.165, 1.54) is 0 Å². The Morgan fingerprint density at radius 2 is 1.87 bits per heavy atom. The molecule has 0 saturated carbocycles. The summed E-state index contributed by atoms with van der Waals surface area (Å²) in [7, 11) is 1.79. The minimum atomic E-state index is -1.76. The van der Waals surface area contributed by atoms with Crippen molar-refractivity contribution < 1.29 is 38.7 Å². The van der Waals surface area contributed by atoms with Crippen LogP contribution in [0.2, 0.25) is 0 Å². The second-order valence-corrected chi connectivity index (χ2v) is 15.8. The van der Waals surface area contributed by atoms with Gasteiger partial charge < -0.3 is 44.5 Å². The quantitative estimate of drug-likeness (QED) is 0.169. The van der Waals surface area contributed by atoms with Crippen molar-refractivity contribution in [2.75, 3.05) is 25.6 Å². The van der Waals surface area contributed by atoms with Crippen molar-refractivity contribution in [2.24, 2.45) is 17.8 Å². The van der Waals surface area contributed by atoms with E-state index in [4.69, 9.17) is 35.9 Å². The highest BCUT2D eigenvalue weighted by atomic mass is 32.1. The van der Waals surface area contributed by atoms with Gasteiger partial charge in [-0.05, 0) is 92.6 Å². The predicted molar refractivity (Wildman–Crippen MR) is 204 cm³/mol. The first-order chi connectivity index (χ1) is 24.8. The Balaban J connectivity index is 1.29. The van der Waals surface area contributed by atoms with Crippen molar-refractivity contribution in [3.8, 4) is 0 Å². The summed E-state index contributed by atoms with van der Waals surface area (Å²) < 4.78 is 32.3. The van der Waals surface area contributed by atoms with Gasteiger partial charge in [0.1, 0.15) is 29.8 Å². The van der Waals surface area contributed by atoms with Gasteiger partial charge in [0.2, 0.25) is 0 Å². The number of carbonyl (C=O) groups excluding carboxylic acids is 1. The smallest absolute Gasteiger partial charge is 0.316 e. The Morgan fingerprint density at radius 3 is 2.60 bits per heavy atom. The third-order valence-corrected chi connectivity index (χ3v) is 12.0. The first kappa shape index (κ1) is 38.8. The number of allylic oxidation sites excluding steroid dienone is 2. The van der Waals surface area contributed by atoms with Crippen LogP contribution in [0.4, 0.5) is 5.69 Å². The average Bonchev–Trinajstić information content (AvgIpc) is 3.45. The van der Waals surface area contributed by atoms with Crippen LogP contribution < -0.4 is 10.6 Å². The number of rotatable bonds is 5. The zero-order valence-corrected chi connectivity index (χ0v) is 32.1. The van der Waals surface area contributed by atoms with Crippen molar-refractivity contribution in [2.45, 2.75) is 121 Å². The molecule has 0 unspecified atom stereocenters. The predicted octanol–water partition coefficient (Wildman–Crippen LogP) is 5.69. The Hall–Kier alpha value is -2.90. The fourth-order valence-electron chi connectivity index (χ4n) is 8.33. The van der Waals surface area contributed by atoms with Crippen molar-refractivity contribution in [1.29, 1.82) is 0 Å². The topological polar surface area (TPSA) is 128 Å². The number of benzene rings is 1. The number of hydrogen-bond acceptors (Lipinski definition) is 9. The van der Waals surface area contributed by atoms with Crippen molar-refractivity contribution >= 4 is 29.0 Å². The Labute approximate surface area is 313 Å². The highest BCUT2D eigenvalue weighted by Crippen LogP contribution is 2.47. The average molecular weight is 737 g/mol. The molecule has 1 spiro atoms. The van der Waals surface area contributed by atoms with Gasteiger partial charge in [-0.2, -0.15) is 0 Å². The first-order valence-electron chi connectivity index (χ1n) is 18.8. The van der Waals surface area contributed by atoms with Gasteiger partial charge in [-0.15, -0.1) is 0 Å². The third kappa shape index (κ3) is 8.26. The summed E-state index contributed by atoms with van der Waals surface area (Å²) in [6, 6.07) is 8.16. The minimum absolute atomic E-state index is 0.00194. The molecule has 0 radical (unpaired) electrons. The fraction of sp³-hybridized carbons (Fsp3) is 0.610. The molecule has 0 amide bonds. The molecule has 1 aliphatic carbocycles. The lowest BCUT2D eigenvalue weighted by atomic mass is 9.71. The van der Waals surface area contributed by atoms with Crippen molar-refractivity contribution in [3.05, 3.63) is 76.9 Å². The number of carbonyl (C=O) groups is 1. The molecule has 3 saturated heterocycles. The maximum absolute atomic E-state index is 14.1. The monoisotopic (exact) mass is 736 g/mol. The normalized spacial score (nSPS) is 40.7. The highest BCUT2D eigenvalue weighted by Gasteiger charge is 2.60. The summed E-state index contributed by atoms with van der Waals surface area (Å²) in [6.07, 6.45) is 10.5. The van der Waals surface area contributed by atoms with Gasteiger partial charge in [-0.1, -0.05) is 56.4 Å². The molecular weight excluding hydrogens is 681 g/mol. The lowest BCUT2D eigenvalue weighted by Gasteiger charge is -2.49. The Morgan fingerprint density at radius 1 is 1.10 bits per heavy atom. The second-order valence-electron chi connectivity index (χ2n) is 15.4. The lowest BCUT2D eigenvalue weighted by Crippen LogP contribution is -2.58. The van der Waals surface area contributed by atoms with E-state index >= 15 is 0 Å². The molecule has 4 aliphatic heterocycles. The molecule has 5 aliphatic rings. The molecule has 4 heterocycles. The minimum Gasteiger partial charge on any atom is -0.462 e. The standard InChI is InChI=1S/C41H56N2O8S/c1-24-16-18-40(50-28(24)5)22-33-21-32(51-40)15-10-26(3)36(47-19-17-29-11-13-31(14-12-29)43-39(52)42-6)25(2)8-7-9-30-23-48-37-35(44)27(4)20-34(38(45)49-33)41(30,37)46/h7-14,20,24-25,28,32-37,44,46H,15-19,21-23H2,1-6H3,(H2,42,43,52)/b8-7+,26-10+,30-9+/t24-,25-,28+,32+,33-,34-,35+,36+,37+,40-,41+/m0/s1. The first-order valence-corrected chi connectivity index (χ1v) is 19.2. The van der Waals surface area contributed by atoms with Gasteiger partial charge in [0.05, 0.1) is 31.5 Å². The van der Waals surface area contributed by atoms with Gasteiger partial charge in [0.25, 0.3) is 0 Å². The van der Waals surface area contributed by atoms with E-state index in [-0.39, 0.29) is 30.8 Å². The number of nitrogens with one attached hydrogen (secondary N) is 2. The van der Waals surface area contributed by atoms with Crippen LogP contribution in [-0.4, -0.2) is 89.6 Å². The molecule has 11 heteroatoms. The number of fused-ring (bicyclic) bond motifs is 2. The maximum atomic E-state index is 14.1. The number of aliphatic hydroxyl groups excluding tert-OH is 1. The molecule has 3 fully saturated rings. The molecule has 0 aromatic heterocycles. The number of thiocarbonyl (C=S) groups is 1. The number of hydrogen-bond donors (Lipinski definition) is 4. The number of anilines is 1. The van der Waals surface area contributed by atoms with E-state index < -0.39 is 41.6 Å². The van der Waals surface area contributed by atoms with Gasteiger partial charge in [0.15, 0.2) is 10.9 Å². The van der Waals surface area contributed by atoms with Crippen molar-refractivity contribution in [3.63, 3.8) is 0 Å². The van der Waals surface area contributed by atoms with Gasteiger partial charge in [0, 0.05) is 37.9 Å². The Kier molecular flexibility index (Phi) is 12.1. The zero-order chi connectivity index (χ0) is 37.2. The Bertz CT molecular complexity index is 1590. The molecule has 1 aromatic carbocycles. The SMILES string of the molecule is CNC(=S)Nc1ccc(CCO[C@H]2/C(C)=C/C[C@@H]3C[C@@H](C[C@]4(CC[C@H](C)[C@@H](C)O4)O3)OC(=O)[C@@H]3C=C(C)[C@@H](O)[C@H]4OC/C(=C\C=C\[C@@H]2C)[C@]43O)cc1. The van der Waals surface area contributed by atoms with Crippen LogP contribution in [-0.2, 0) is 34.9 Å². The highest BCUT2D eigenvalue weighted by molar-refractivity contribution is 7.80. The lowest BCUT2D eigenvalue weighted by molar-refractivity contribution is -0.332. The number of esters is 1. The molecule has 2 bridgehead atoms. The maximum Gasteiger partial charge on any atom is 0.316 e. The summed E-state index contributed by atoms with van der Waals surface area (Å²) >= 11 is 5.22. The number of aliphatic hydroxyl groups is 2. The van der Waals surface area contributed by atoms with Crippen LogP contribution in [0.3, 0.4) is 0 Å². The molecule has 10 nitrogen and oxygen atoms in total. The molecule has 6 rings (SSSR count). The molecule has 11 atom stereocenters. The van der Waals surface area contributed by atoms with E-state index in [1.54, 1.807) is 20.0 Å². The molecule has 1 aromatic rings. The van der Waals surface area contributed by atoms with Gasteiger partial charge in [-0.3, -0.25) is 4.79 Å². The molecule has 284 valence electrons. The van der Waals surface area contributed by atoms with Crippen LogP contribution in [0.1, 0.15) is 72.3 Å². The van der Waals surface area contributed by atoms with Crippen LogP contribution in [0.5, 0.6) is 0 Å². The zero-order valence-electron chi connectivity index (χ0n) is 31.3. The van der Waals surface area contributed by atoms with Crippen LogP contribution in [0.25, 0.3) is 0 Å². The van der Waals surface area contributed by atoms with Crippen LogP contribution in [0.15, 0.2) is 71.4 Å². The van der Waals surface area contributed by atoms with E-state index in [9.17, 15) is 15.0 Å². The van der Waals surface area contributed by atoms with Crippen LogP contribution in [0, 0.1) is 17.8 Å². The fourth-order valence-corrected chi connectivity index (χ4v) is 8.45. The summed E-state index contributed by atoms with van der Waals surface area (Å²) in [5.74, 6) is -2.08. The third-order valence-electron chi connectivity index (χ3n) is 11.7. The van der Waals surface area contributed by atoms with E-state index in [1.807, 2.05) is 24.3 Å². The van der Waals surface area contributed by atoms with Crippen LogP contribution >= 0.6 is 12.2 Å². The molecular formula is C41H56N2O8S. The van der Waals surface area contributed by atoms with E-state index in [2.05, 4.69) is 62.6 Å². The summed E-state index contributed by atoms with van der Waals surface area (Å²) in [4.78, 5) is 14.1. The van der Waals surface area contributed by atoms with Crippen molar-refractivity contribution in [1.82, 2.24) is 5.32 Å².